The lowest BCUT2D eigenvalue weighted by atomic mass is 9.49. The molecule has 14 heteroatoms. The highest BCUT2D eigenvalue weighted by Crippen LogP contribution is 2.66. The quantitative estimate of drug-likeness (QED) is 0.0749. The highest BCUT2D eigenvalue weighted by Gasteiger charge is 2.71. The second-order valence-electron chi connectivity index (χ2n) is 16.1. The first-order chi connectivity index (χ1) is 30.9. The minimum Gasteiger partial charge on any atom is -0.508 e. The normalized spacial score (nSPS) is 23.7. The molecule has 0 unspecified atom stereocenters. The zero-order valence-electron chi connectivity index (χ0n) is 35.2. The second-order valence-corrected chi connectivity index (χ2v) is 17.0. The van der Waals surface area contributed by atoms with Gasteiger partial charge in [-0.2, -0.15) is 5.01 Å². The summed E-state index contributed by atoms with van der Waals surface area (Å²) in [5, 5.41) is 13.4. The van der Waals surface area contributed by atoms with E-state index in [4.69, 9.17) is 42.1 Å². The molecule has 2 N–H and O–H groups in total. The Morgan fingerprint density at radius 1 is 0.734 bits per heavy atom. The average molecular weight is 901 g/mol. The number of fused-ring (bicyclic) bond motifs is 4. The molecule has 12 nitrogen and oxygen atoms in total. The van der Waals surface area contributed by atoms with E-state index in [1.807, 2.05) is 48.6 Å². The summed E-state index contributed by atoms with van der Waals surface area (Å²) in [7, 11) is 6.18. The molecule has 64 heavy (non-hydrogen) atoms. The van der Waals surface area contributed by atoms with Crippen LogP contribution in [0.5, 0.6) is 28.7 Å². The van der Waals surface area contributed by atoms with Crippen molar-refractivity contribution in [3.05, 3.63) is 147 Å². The molecule has 2 aliphatic carbocycles. The van der Waals surface area contributed by atoms with Crippen LogP contribution in [-0.2, 0) is 24.6 Å². The summed E-state index contributed by atoms with van der Waals surface area (Å²) >= 11 is 12.8. The molecule has 4 aliphatic rings. The molecule has 4 amide bonds. The predicted octanol–water partition coefficient (Wildman–Crippen LogP) is 9.09. The number of ether oxygens (including phenoxy) is 4. The summed E-state index contributed by atoms with van der Waals surface area (Å²) in [5.74, 6) is -4.41. The van der Waals surface area contributed by atoms with Crippen molar-refractivity contribution < 1.29 is 43.2 Å². The van der Waals surface area contributed by atoms with Crippen molar-refractivity contribution >= 4 is 70.4 Å². The lowest BCUT2D eigenvalue weighted by Gasteiger charge is -2.50. The first kappa shape index (κ1) is 42.5. The Morgan fingerprint density at radius 2 is 1.45 bits per heavy atom. The van der Waals surface area contributed by atoms with E-state index in [-0.39, 0.29) is 46.5 Å². The second kappa shape index (κ2) is 16.7. The number of anilines is 2. The number of methoxy groups -OCH3 is 4. The van der Waals surface area contributed by atoms with Gasteiger partial charge in [0.25, 0.3) is 11.8 Å². The third kappa shape index (κ3) is 6.74. The molecule has 0 radical (unpaired) electrons. The van der Waals surface area contributed by atoms with E-state index >= 15 is 9.59 Å². The Bertz CT molecular complexity index is 2770. The topological polar surface area (TPSA) is 144 Å². The molecule has 2 aliphatic heterocycles. The van der Waals surface area contributed by atoms with Gasteiger partial charge in [-0.15, -0.1) is 0 Å². The number of hydrogen-bond donors (Lipinski definition) is 2. The minimum atomic E-state index is -1.69. The number of halogens is 2. The predicted molar refractivity (Wildman–Crippen MR) is 243 cm³/mol. The van der Waals surface area contributed by atoms with Crippen LogP contribution in [0.25, 0.3) is 12.2 Å². The number of nitrogens with one attached hydrogen (secondary N) is 1. The van der Waals surface area contributed by atoms with Crippen molar-refractivity contribution in [2.45, 2.75) is 24.2 Å². The molecule has 5 aromatic carbocycles. The van der Waals surface area contributed by atoms with Crippen LogP contribution in [0.2, 0.25) is 10.0 Å². The Balaban J connectivity index is 1.14. The van der Waals surface area contributed by atoms with Crippen molar-refractivity contribution in [2.75, 3.05) is 38.8 Å². The fraction of sp³-hybridized carbons (Fsp3) is 0.240. The van der Waals surface area contributed by atoms with Gasteiger partial charge in [0.2, 0.25) is 11.8 Å². The number of carbonyl (C=O) groups is 4. The summed E-state index contributed by atoms with van der Waals surface area (Å²) in [6, 6.07) is 29.0. The maximum Gasteiger partial charge on any atom is 0.260 e. The Kier molecular flexibility index (Phi) is 11.1. The summed E-state index contributed by atoms with van der Waals surface area (Å²) in [6.07, 6.45) is 5.93. The number of phenols is 1. The smallest absolute Gasteiger partial charge is 0.260 e. The van der Waals surface area contributed by atoms with Crippen molar-refractivity contribution in [1.29, 1.82) is 0 Å². The highest BCUT2D eigenvalue weighted by atomic mass is 35.5. The number of hydrazine groups is 1. The maximum absolute atomic E-state index is 15.6. The van der Waals surface area contributed by atoms with Crippen molar-refractivity contribution in [1.82, 2.24) is 5.01 Å². The van der Waals surface area contributed by atoms with Crippen LogP contribution in [-0.4, -0.2) is 62.2 Å². The number of nitrogens with zero attached hydrogens (tertiary/aromatic N) is 2. The number of allylic oxidation sites excluding steroid dienone is 2. The molecule has 3 fully saturated rings. The van der Waals surface area contributed by atoms with Gasteiger partial charge >= 0.3 is 0 Å². The number of rotatable bonds is 11. The third-order valence-corrected chi connectivity index (χ3v) is 13.7. The van der Waals surface area contributed by atoms with E-state index in [2.05, 4.69) is 5.43 Å². The fourth-order valence-electron chi connectivity index (χ4n) is 10.3. The Labute approximate surface area is 379 Å². The molecule has 9 rings (SSSR count). The fourth-order valence-corrected chi connectivity index (χ4v) is 10.8. The van der Waals surface area contributed by atoms with E-state index in [9.17, 15) is 14.7 Å². The van der Waals surface area contributed by atoms with E-state index in [1.54, 1.807) is 74.9 Å². The van der Waals surface area contributed by atoms with Crippen molar-refractivity contribution in [3.8, 4) is 28.7 Å². The molecule has 0 spiro atoms. The van der Waals surface area contributed by atoms with Gasteiger partial charge in [0.15, 0.2) is 0 Å². The van der Waals surface area contributed by atoms with Crippen LogP contribution in [0.1, 0.15) is 41.0 Å². The molecule has 6 atom stereocenters. The van der Waals surface area contributed by atoms with E-state index in [1.165, 1.54) is 31.3 Å². The lowest BCUT2D eigenvalue weighted by Crippen LogP contribution is -2.53. The number of hydrogen-bond acceptors (Lipinski definition) is 10. The van der Waals surface area contributed by atoms with E-state index < -0.39 is 52.7 Å². The largest absolute Gasteiger partial charge is 0.508 e. The number of carbonyl (C=O) groups excluding carboxylic acids is 4. The van der Waals surface area contributed by atoms with Gasteiger partial charge < -0.3 is 24.1 Å². The SMILES string of the molecule is COc1ccc([C@@]23C(=O)N(Nc4ccc(Cl)cc4Cl)C(=O)[C@@H]2C[C@@H]2C(=CC[C@@H]4C(=O)N(c5ccc(C=Cc6cc(OC)ccc6OC)cc5)C(=O)[C@@H]42)[C@@H]3c2c(O)cccc2OC)cc1. The van der Waals surface area contributed by atoms with Gasteiger partial charge in [0.1, 0.15) is 28.7 Å². The number of imide groups is 2. The molecule has 2 saturated heterocycles. The van der Waals surface area contributed by atoms with Gasteiger partial charge in [0.05, 0.1) is 68.0 Å². The summed E-state index contributed by atoms with van der Waals surface area (Å²) in [6.45, 7) is 0. The van der Waals surface area contributed by atoms with Crippen LogP contribution in [0.3, 0.4) is 0 Å². The molecular formula is C50H43Cl2N3O9. The summed E-state index contributed by atoms with van der Waals surface area (Å²) in [4.78, 5) is 61.4. The van der Waals surface area contributed by atoms with E-state index in [0.29, 0.717) is 39.1 Å². The molecule has 0 aromatic heterocycles. The van der Waals surface area contributed by atoms with Gasteiger partial charge in [-0.1, -0.05) is 77.3 Å². The lowest BCUT2D eigenvalue weighted by molar-refractivity contribution is -0.138. The summed E-state index contributed by atoms with van der Waals surface area (Å²) in [5.41, 5.74) is 5.00. The number of amides is 4. The average Bonchev–Trinajstić information content (AvgIpc) is 3.69. The van der Waals surface area contributed by atoms with Gasteiger partial charge in [-0.3, -0.25) is 29.5 Å². The monoisotopic (exact) mass is 899 g/mol. The minimum absolute atomic E-state index is 0.0346. The first-order valence-electron chi connectivity index (χ1n) is 20.6. The molecule has 0 bridgehead atoms. The van der Waals surface area contributed by atoms with Crippen LogP contribution in [0, 0.1) is 23.7 Å². The molecule has 326 valence electrons. The molecule has 2 heterocycles. The van der Waals surface area contributed by atoms with Gasteiger partial charge in [-0.05, 0) is 103 Å². The third-order valence-electron chi connectivity index (χ3n) is 13.2. The van der Waals surface area contributed by atoms with Crippen molar-refractivity contribution in [2.24, 2.45) is 23.7 Å². The van der Waals surface area contributed by atoms with Crippen LogP contribution in [0.4, 0.5) is 11.4 Å². The number of phenolic OH excluding ortho intramolecular Hbond substituents is 1. The molecule has 1 saturated carbocycles. The zero-order chi connectivity index (χ0) is 45.0. The van der Waals surface area contributed by atoms with Crippen LogP contribution >= 0.6 is 23.2 Å². The van der Waals surface area contributed by atoms with Gasteiger partial charge in [0, 0.05) is 22.1 Å². The molecule has 5 aromatic rings. The van der Waals surface area contributed by atoms with Crippen LogP contribution < -0.4 is 29.3 Å². The van der Waals surface area contributed by atoms with Crippen molar-refractivity contribution in [3.63, 3.8) is 0 Å². The van der Waals surface area contributed by atoms with E-state index in [0.717, 1.165) is 16.1 Å². The zero-order valence-corrected chi connectivity index (χ0v) is 36.7. The van der Waals surface area contributed by atoms with Crippen LogP contribution in [0.15, 0.2) is 115 Å². The number of aromatic hydroxyl groups is 1. The first-order valence-corrected chi connectivity index (χ1v) is 21.4. The highest BCUT2D eigenvalue weighted by molar-refractivity contribution is 6.36. The molecular weight excluding hydrogens is 857 g/mol. The standard InChI is InChI=1S/C50H43Cl2N3O9/c1-61-32-17-12-29(13-18-32)50-37(47(58)55(49(50)60)53-39-22-14-30(51)25-38(39)52)26-36-34(45(50)44-40(56)6-5-7-42(44)64-4)20-21-35-43(36)48(59)54(46(35)57)31-15-9-27(10-16-31)8-11-28-24-33(62-2)19-23-41(28)63-3/h5-20,22-25,35-37,43,45,53,56H,21,26H2,1-4H3/t35-,36+,37-,43-,45+,50+/m0/s1. The Hall–Kier alpha value is -6.76. The van der Waals surface area contributed by atoms with Gasteiger partial charge in [-0.25, -0.2) is 0 Å². The Morgan fingerprint density at radius 3 is 2.14 bits per heavy atom. The number of benzene rings is 5. The summed E-state index contributed by atoms with van der Waals surface area (Å²) < 4.78 is 22.3. The maximum atomic E-state index is 15.6.